The molecule has 2 N–H and O–H groups in total. The molecule has 1 heterocycles. The fourth-order valence-electron chi connectivity index (χ4n) is 2.07. The zero-order valence-electron chi connectivity index (χ0n) is 12.4. The maximum absolute atomic E-state index is 13.2. The molecule has 0 fully saturated rings. The number of nitrogens with one attached hydrogen (secondary N) is 2. The Labute approximate surface area is 148 Å². The molecule has 0 radical (unpaired) electrons. The second-order valence-corrected chi connectivity index (χ2v) is 5.80. The quantitative estimate of drug-likeness (QED) is 0.648. The number of hydrogen-bond donors (Lipinski definition) is 2. The number of hydrogen-bond acceptors (Lipinski definition) is 4. The van der Waals surface area contributed by atoms with Crippen LogP contribution in [0, 0.1) is 5.82 Å². The van der Waals surface area contributed by atoms with Crippen molar-refractivity contribution in [2.75, 3.05) is 10.6 Å². The van der Waals surface area contributed by atoms with Crippen LogP contribution in [0.25, 0.3) is 0 Å². The molecule has 3 aromatic rings. The van der Waals surface area contributed by atoms with Crippen molar-refractivity contribution in [3.05, 3.63) is 76.3 Å². The second kappa shape index (κ2) is 7.47. The first-order valence-corrected chi connectivity index (χ1v) is 7.89. The van der Waals surface area contributed by atoms with Crippen molar-refractivity contribution in [1.82, 2.24) is 9.97 Å². The van der Waals surface area contributed by atoms with E-state index in [0.29, 0.717) is 28.9 Å². The fraction of sp³-hybridized carbons (Fsp3) is 0.0588. The van der Waals surface area contributed by atoms with E-state index >= 15 is 0 Å². The summed E-state index contributed by atoms with van der Waals surface area (Å²) in [4.78, 5) is 8.30. The van der Waals surface area contributed by atoms with Crippen LogP contribution < -0.4 is 10.6 Å². The average molecular weight is 363 g/mol. The van der Waals surface area contributed by atoms with Gasteiger partial charge in [0, 0.05) is 23.3 Å². The molecule has 0 spiro atoms. The van der Waals surface area contributed by atoms with Crippen molar-refractivity contribution in [2.24, 2.45) is 0 Å². The third-order valence-electron chi connectivity index (χ3n) is 3.28. The van der Waals surface area contributed by atoms with E-state index in [2.05, 4.69) is 20.6 Å². The van der Waals surface area contributed by atoms with Gasteiger partial charge in [0.15, 0.2) is 0 Å². The Kier molecular flexibility index (Phi) is 5.13. The Hall–Kier alpha value is -2.37. The number of benzene rings is 2. The van der Waals surface area contributed by atoms with Crippen LogP contribution in [0.15, 0.2) is 54.9 Å². The zero-order valence-corrected chi connectivity index (χ0v) is 13.9. The minimum absolute atomic E-state index is 0.0473. The van der Waals surface area contributed by atoms with E-state index < -0.39 is 5.82 Å². The van der Waals surface area contributed by atoms with Gasteiger partial charge in [-0.05, 0) is 29.8 Å². The molecular weight excluding hydrogens is 350 g/mol. The molecule has 1 aromatic heterocycles. The highest BCUT2D eigenvalue weighted by Crippen LogP contribution is 2.23. The van der Waals surface area contributed by atoms with Crippen LogP contribution in [0.1, 0.15) is 5.56 Å². The summed E-state index contributed by atoms with van der Waals surface area (Å²) in [7, 11) is 0. The number of nitrogens with zero attached hydrogens (tertiary/aromatic N) is 2. The second-order valence-electron chi connectivity index (χ2n) is 4.99. The molecule has 3 rings (SSSR count). The van der Waals surface area contributed by atoms with Gasteiger partial charge in [-0.25, -0.2) is 14.4 Å². The molecule has 4 nitrogen and oxygen atoms in total. The van der Waals surface area contributed by atoms with Crippen LogP contribution in [0.2, 0.25) is 10.0 Å². The van der Waals surface area contributed by atoms with Gasteiger partial charge in [-0.15, -0.1) is 0 Å². The third-order valence-corrected chi connectivity index (χ3v) is 3.94. The lowest BCUT2D eigenvalue weighted by molar-refractivity contribution is 0.628. The maximum Gasteiger partial charge on any atom is 0.141 e. The van der Waals surface area contributed by atoms with Gasteiger partial charge in [-0.3, -0.25) is 0 Å². The van der Waals surface area contributed by atoms with E-state index in [0.717, 1.165) is 5.56 Å². The summed E-state index contributed by atoms with van der Waals surface area (Å²) in [5.41, 5.74) is 1.61. The standard InChI is InChI=1S/C17H13Cl2FN4/c18-13-4-2-1-3-11(13)9-21-16-8-17(23-10-22-16)24-12-5-6-15(20)14(19)7-12/h1-8,10H,9H2,(H2,21,22,23,24). The Morgan fingerprint density at radius 2 is 1.71 bits per heavy atom. The van der Waals surface area contributed by atoms with Crippen LogP contribution >= 0.6 is 23.2 Å². The van der Waals surface area contributed by atoms with Gasteiger partial charge in [-0.2, -0.15) is 0 Å². The first-order chi connectivity index (χ1) is 11.6. The summed E-state index contributed by atoms with van der Waals surface area (Å²) in [6, 6.07) is 13.7. The monoisotopic (exact) mass is 362 g/mol. The first kappa shape index (κ1) is 16.5. The third kappa shape index (κ3) is 4.13. The van der Waals surface area contributed by atoms with E-state index in [1.165, 1.54) is 18.5 Å². The Balaban J connectivity index is 1.69. The Morgan fingerprint density at radius 1 is 0.917 bits per heavy atom. The topological polar surface area (TPSA) is 49.8 Å². The first-order valence-electron chi connectivity index (χ1n) is 7.13. The highest BCUT2D eigenvalue weighted by molar-refractivity contribution is 6.31. The van der Waals surface area contributed by atoms with E-state index in [1.807, 2.05) is 24.3 Å². The lowest BCUT2D eigenvalue weighted by atomic mass is 10.2. The van der Waals surface area contributed by atoms with Gasteiger partial charge < -0.3 is 10.6 Å². The summed E-state index contributed by atoms with van der Waals surface area (Å²) < 4.78 is 13.2. The van der Waals surface area contributed by atoms with E-state index in [9.17, 15) is 4.39 Å². The molecule has 0 saturated carbocycles. The van der Waals surface area contributed by atoms with Crippen molar-refractivity contribution in [3.63, 3.8) is 0 Å². The molecule has 2 aromatic carbocycles. The molecule has 24 heavy (non-hydrogen) atoms. The Morgan fingerprint density at radius 3 is 2.50 bits per heavy atom. The molecule has 0 aliphatic heterocycles. The van der Waals surface area contributed by atoms with Crippen molar-refractivity contribution in [1.29, 1.82) is 0 Å². The van der Waals surface area contributed by atoms with Crippen LogP contribution in [-0.2, 0) is 6.54 Å². The summed E-state index contributed by atoms with van der Waals surface area (Å²) in [5, 5.41) is 6.98. The van der Waals surface area contributed by atoms with Crippen LogP contribution in [0.3, 0.4) is 0 Å². The van der Waals surface area contributed by atoms with Gasteiger partial charge in [0.25, 0.3) is 0 Å². The van der Waals surface area contributed by atoms with E-state index in [1.54, 1.807) is 12.1 Å². The van der Waals surface area contributed by atoms with Crippen molar-refractivity contribution >= 4 is 40.5 Å². The van der Waals surface area contributed by atoms with E-state index in [-0.39, 0.29) is 5.02 Å². The van der Waals surface area contributed by atoms with Gasteiger partial charge >= 0.3 is 0 Å². The smallest absolute Gasteiger partial charge is 0.141 e. The van der Waals surface area contributed by atoms with Crippen LogP contribution in [-0.4, -0.2) is 9.97 Å². The van der Waals surface area contributed by atoms with Crippen molar-refractivity contribution < 1.29 is 4.39 Å². The molecule has 0 saturated heterocycles. The van der Waals surface area contributed by atoms with Gasteiger partial charge in [0.05, 0.1) is 5.02 Å². The number of aromatic nitrogens is 2. The highest BCUT2D eigenvalue weighted by atomic mass is 35.5. The normalized spacial score (nSPS) is 10.5. The number of anilines is 3. The average Bonchev–Trinajstić information content (AvgIpc) is 2.58. The predicted molar refractivity (Wildman–Crippen MR) is 95.5 cm³/mol. The molecular formula is C17H13Cl2FN4. The summed E-state index contributed by atoms with van der Waals surface area (Å²) in [5.74, 6) is 0.738. The predicted octanol–water partition coefficient (Wildman–Crippen LogP) is 5.28. The minimum Gasteiger partial charge on any atom is -0.366 e. The van der Waals surface area contributed by atoms with Crippen LogP contribution in [0.5, 0.6) is 0 Å². The molecule has 122 valence electrons. The highest BCUT2D eigenvalue weighted by Gasteiger charge is 2.04. The number of rotatable bonds is 5. The molecule has 0 atom stereocenters. The van der Waals surface area contributed by atoms with E-state index in [4.69, 9.17) is 23.2 Å². The largest absolute Gasteiger partial charge is 0.366 e. The molecule has 0 aliphatic carbocycles. The maximum atomic E-state index is 13.2. The van der Waals surface area contributed by atoms with Gasteiger partial charge in [0.1, 0.15) is 23.8 Å². The SMILES string of the molecule is Fc1ccc(Nc2cc(NCc3ccccc3Cl)ncn2)cc1Cl. The zero-order chi connectivity index (χ0) is 16.9. The Bertz CT molecular complexity index is 857. The van der Waals surface area contributed by atoms with Crippen molar-refractivity contribution in [2.45, 2.75) is 6.54 Å². The van der Waals surface area contributed by atoms with Crippen molar-refractivity contribution in [3.8, 4) is 0 Å². The summed E-state index contributed by atoms with van der Waals surface area (Å²) in [6.07, 6.45) is 1.43. The lowest BCUT2D eigenvalue weighted by Crippen LogP contribution is -2.03. The summed E-state index contributed by atoms with van der Waals surface area (Å²) >= 11 is 11.9. The molecule has 0 amide bonds. The van der Waals surface area contributed by atoms with Crippen LogP contribution in [0.4, 0.5) is 21.7 Å². The minimum atomic E-state index is -0.466. The van der Waals surface area contributed by atoms with Gasteiger partial charge in [-0.1, -0.05) is 41.4 Å². The van der Waals surface area contributed by atoms with Gasteiger partial charge in [0.2, 0.25) is 0 Å². The molecule has 0 aliphatic rings. The fourth-order valence-corrected chi connectivity index (χ4v) is 2.45. The lowest BCUT2D eigenvalue weighted by Gasteiger charge is -2.10. The number of halogens is 3. The molecule has 0 unspecified atom stereocenters. The molecule has 7 heteroatoms. The molecule has 0 bridgehead atoms. The summed E-state index contributed by atoms with van der Waals surface area (Å²) in [6.45, 7) is 0.540.